The van der Waals surface area contributed by atoms with E-state index in [9.17, 15) is 43.2 Å². The Bertz CT molecular complexity index is 1520. The van der Waals surface area contributed by atoms with Gasteiger partial charge in [-0.05, 0) is 63.2 Å². The van der Waals surface area contributed by atoms with E-state index < -0.39 is 78.5 Å². The molecule has 7 atom stereocenters. The summed E-state index contributed by atoms with van der Waals surface area (Å²) in [7, 11) is 0. The molecule has 10 amide bonds. The molecule has 0 aromatic rings. The summed E-state index contributed by atoms with van der Waals surface area (Å²) in [5.74, 6) is -4.66. The van der Waals surface area contributed by atoms with E-state index in [1.54, 1.807) is 19.3 Å². The number of hydrogen-bond donors (Lipinski definition) is 10. The minimum atomic E-state index is -1.05. The van der Waals surface area contributed by atoms with Gasteiger partial charge >= 0.3 is 6.03 Å². The summed E-state index contributed by atoms with van der Waals surface area (Å²) < 4.78 is 0. The standard InChI is InChI=1S/C38H64N10O10S/c1-21(2)16-23(17-29(50)47-58)37(56)48-15-9-11-26(48)35(54)45-32(22(3)4)36(55)42-18-30(51)41-19-31(52)43-24(34(39)53)10-7-8-14-40-28(49)13-6-5-12-27-33-25(20-59-27)44-38(57)46-33/h21-27,32-33,58H,5-20H2,1-4H3,(H2,39,53)(H,40,49)(H,41,51)(H,42,55)(H,43,52)(H,45,54)(H,47,50)(H2,44,46,57)/t23?,24-,25-,26-,27-,32-,33-/m0/s1. The van der Waals surface area contributed by atoms with Crippen molar-refractivity contribution in [2.24, 2.45) is 23.5 Å². The highest BCUT2D eigenvalue weighted by molar-refractivity contribution is 8.00. The average Bonchev–Trinajstić information content (AvgIpc) is 3.92. The van der Waals surface area contributed by atoms with Crippen molar-refractivity contribution in [1.29, 1.82) is 0 Å². The molecule has 332 valence electrons. The summed E-state index contributed by atoms with van der Waals surface area (Å²) in [6.07, 6.45) is 5.22. The Labute approximate surface area is 349 Å². The van der Waals surface area contributed by atoms with Crippen molar-refractivity contribution in [2.45, 2.75) is 134 Å². The number of carbonyl (C=O) groups is 9. The van der Waals surface area contributed by atoms with Gasteiger partial charge in [-0.25, -0.2) is 10.3 Å². The van der Waals surface area contributed by atoms with Crippen LogP contribution >= 0.6 is 11.8 Å². The summed E-state index contributed by atoms with van der Waals surface area (Å²) in [4.78, 5) is 114. The quantitative estimate of drug-likeness (QED) is 0.0227. The molecule has 21 heteroatoms. The first kappa shape index (κ1) is 48.7. The molecule has 3 saturated heterocycles. The molecular weight excluding hydrogens is 789 g/mol. The fraction of sp³-hybridized carbons (Fsp3) is 0.763. The molecule has 0 bridgehead atoms. The number of urea groups is 1. The van der Waals surface area contributed by atoms with Gasteiger partial charge in [-0.15, -0.1) is 0 Å². The normalized spacial score (nSPS) is 21.1. The van der Waals surface area contributed by atoms with Gasteiger partial charge in [0.2, 0.25) is 47.3 Å². The van der Waals surface area contributed by atoms with Crippen LogP contribution in [0.2, 0.25) is 0 Å². The molecule has 3 aliphatic heterocycles. The van der Waals surface area contributed by atoms with Crippen molar-refractivity contribution in [2.75, 3.05) is 31.9 Å². The third-order valence-corrected chi connectivity index (χ3v) is 12.1. The van der Waals surface area contributed by atoms with Crippen LogP contribution in [-0.2, 0) is 38.4 Å². The third kappa shape index (κ3) is 16.1. The van der Waals surface area contributed by atoms with Crippen LogP contribution in [0.25, 0.3) is 0 Å². The van der Waals surface area contributed by atoms with Gasteiger partial charge < -0.3 is 47.9 Å². The molecule has 59 heavy (non-hydrogen) atoms. The largest absolute Gasteiger partial charge is 0.368 e. The van der Waals surface area contributed by atoms with Crippen LogP contribution in [0.4, 0.5) is 4.79 Å². The van der Waals surface area contributed by atoms with Gasteiger partial charge in [0, 0.05) is 42.9 Å². The number of hydrogen-bond acceptors (Lipinski definition) is 11. The van der Waals surface area contributed by atoms with Crippen LogP contribution in [0, 0.1) is 17.8 Å². The number of carbonyl (C=O) groups excluding carboxylic acids is 9. The number of fused-ring (bicyclic) bond motifs is 1. The second-order valence-corrected chi connectivity index (χ2v) is 17.5. The predicted octanol–water partition coefficient (Wildman–Crippen LogP) is -1.11. The SMILES string of the molecule is CC(C)CC(CC(=O)NO)C(=O)N1CCC[C@H]1C(=O)N[C@H](C(=O)NCC(=O)NCC(=O)N[C@@H](CCCCNC(=O)CCCC[C@@H]1SC[C@@H]2NC(=O)N[C@@H]21)C(N)=O)C(C)C. The number of nitrogens with two attached hydrogens (primary N) is 1. The van der Waals surface area contributed by atoms with E-state index in [4.69, 9.17) is 10.9 Å². The number of nitrogens with zero attached hydrogens (tertiary/aromatic N) is 1. The highest BCUT2D eigenvalue weighted by atomic mass is 32.2. The topological polar surface area (TPSA) is 299 Å². The van der Waals surface area contributed by atoms with Gasteiger partial charge in [0.1, 0.15) is 18.1 Å². The van der Waals surface area contributed by atoms with E-state index in [-0.39, 0.29) is 48.7 Å². The molecule has 0 aliphatic carbocycles. The molecule has 0 radical (unpaired) electrons. The Balaban J connectivity index is 1.33. The van der Waals surface area contributed by atoms with Crippen LogP contribution < -0.4 is 48.4 Å². The minimum Gasteiger partial charge on any atom is -0.368 e. The van der Waals surface area contributed by atoms with Crippen molar-refractivity contribution >= 4 is 65.1 Å². The van der Waals surface area contributed by atoms with Gasteiger partial charge in [-0.3, -0.25) is 43.6 Å². The monoisotopic (exact) mass is 852 g/mol. The average molecular weight is 853 g/mol. The highest BCUT2D eigenvalue weighted by Crippen LogP contribution is 2.33. The maximum absolute atomic E-state index is 13.4. The third-order valence-electron chi connectivity index (χ3n) is 10.6. The van der Waals surface area contributed by atoms with Crippen LogP contribution in [0.3, 0.4) is 0 Å². The molecule has 0 saturated carbocycles. The predicted molar refractivity (Wildman–Crippen MR) is 217 cm³/mol. The van der Waals surface area contributed by atoms with Crippen LogP contribution in [0.15, 0.2) is 0 Å². The van der Waals surface area contributed by atoms with Gasteiger partial charge in [0.15, 0.2) is 0 Å². The summed E-state index contributed by atoms with van der Waals surface area (Å²) in [5, 5.41) is 28.1. The molecule has 3 aliphatic rings. The lowest BCUT2D eigenvalue weighted by Crippen LogP contribution is -2.56. The summed E-state index contributed by atoms with van der Waals surface area (Å²) in [6.45, 7) is 6.89. The van der Waals surface area contributed by atoms with E-state index in [2.05, 4.69) is 37.2 Å². The van der Waals surface area contributed by atoms with Crippen LogP contribution in [0.1, 0.15) is 98.3 Å². The lowest BCUT2D eigenvalue weighted by molar-refractivity contribution is -0.145. The molecule has 11 N–H and O–H groups in total. The fourth-order valence-electron chi connectivity index (χ4n) is 7.55. The van der Waals surface area contributed by atoms with Crippen molar-refractivity contribution in [1.82, 2.24) is 47.6 Å². The number of thioether (sulfide) groups is 1. The molecule has 3 heterocycles. The van der Waals surface area contributed by atoms with Crippen LogP contribution in [-0.4, -0.2) is 131 Å². The number of hydroxylamine groups is 1. The van der Waals surface area contributed by atoms with Crippen molar-refractivity contribution in [3.05, 3.63) is 0 Å². The number of likely N-dealkylation sites (tertiary alicyclic amines) is 1. The zero-order chi connectivity index (χ0) is 43.6. The first-order chi connectivity index (χ1) is 28.0. The number of unbranched alkanes of at least 4 members (excludes halogenated alkanes) is 2. The highest BCUT2D eigenvalue weighted by Gasteiger charge is 2.43. The van der Waals surface area contributed by atoms with Gasteiger partial charge in [-0.1, -0.05) is 34.1 Å². The van der Waals surface area contributed by atoms with Gasteiger partial charge in [0.25, 0.3) is 0 Å². The maximum Gasteiger partial charge on any atom is 0.315 e. The Morgan fingerprint density at radius 1 is 0.881 bits per heavy atom. The second kappa shape index (κ2) is 24.4. The van der Waals surface area contributed by atoms with Crippen molar-refractivity contribution in [3.8, 4) is 0 Å². The zero-order valence-electron chi connectivity index (χ0n) is 34.6. The minimum absolute atomic E-state index is 0.0711. The smallest absolute Gasteiger partial charge is 0.315 e. The van der Waals surface area contributed by atoms with Crippen molar-refractivity contribution in [3.63, 3.8) is 0 Å². The van der Waals surface area contributed by atoms with E-state index in [1.807, 2.05) is 25.6 Å². The second-order valence-electron chi connectivity index (χ2n) is 16.2. The molecule has 0 aromatic heterocycles. The number of amides is 10. The summed E-state index contributed by atoms with van der Waals surface area (Å²) >= 11 is 1.84. The van der Waals surface area contributed by atoms with Gasteiger partial charge in [0.05, 0.1) is 25.2 Å². The molecule has 20 nitrogen and oxygen atoms in total. The number of nitrogens with one attached hydrogen (secondary N) is 8. The summed E-state index contributed by atoms with van der Waals surface area (Å²) in [6, 6.07) is -2.71. The number of rotatable bonds is 25. The summed E-state index contributed by atoms with van der Waals surface area (Å²) in [5.41, 5.74) is 7.03. The Morgan fingerprint density at radius 3 is 2.29 bits per heavy atom. The van der Waals surface area contributed by atoms with Crippen molar-refractivity contribution < 1.29 is 48.4 Å². The Morgan fingerprint density at radius 2 is 1.61 bits per heavy atom. The van der Waals surface area contributed by atoms with Gasteiger partial charge in [-0.2, -0.15) is 11.8 Å². The van der Waals surface area contributed by atoms with E-state index in [0.29, 0.717) is 56.9 Å². The molecular formula is C38H64N10O10S. The molecule has 0 spiro atoms. The van der Waals surface area contributed by atoms with E-state index in [0.717, 1.165) is 25.0 Å². The number of primary amides is 1. The Kier molecular flexibility index (Phi) is 20.2. The maximum atomic E-state index is 13.4. The lowest BCUT2D eigenvalue weighted by atomic mass is 9.92. The first-order valence-electron chi connectivity index (χ1n) is 20.6. The Hall–Kier alpha value is -4.66. The first-order valence-corrected chi connectivity index (χ1v) is 21.7. The molecule has 3 fully saturated rings. The zero-order valence-corrected chi connectivity index (χ0v) is 35.4. The van der Waals surface area contributed by atoms with E-state index in [1.165, 1.54) is 4.90 Å². The van der Waals surface area contributed by atoms with E-state index >= 15 is 0 Å². The molecule has 3 rings (SSSR count). The molecule has 0 aromatic carbocycles. The fourth-order valence-corrected chi connectivity index (χ4v) is 9.09. The van der Waals surface area contributed by atoms with Crippen LogP contribution in [0.5, 0.6) is 0 Å². The lowest BCUT2D eigenvalue weighted by Gasteiger charge is -2.30. The molecule has 1 unspecified atom stereocenters.